The molecule has 21 heavy (non-hydrogen) atoms. The predicted octanol–water partition coefficient (Wildman–Crippen LogP) is 4.53. The Morgan fingerprint density at radius 1 is 1.29 bits per heavy atom. The quantitative estimate of drug-likeness (QED) is 0.800. The SMILES string of the molecule is CC(C)c1ccccc1C1CCN(C(=O)OC(C)(C)C)C1. The number of likely N-dealkylation sites (tertiary alicyclic amines) is 1. The second kappa shape index (κ2) is 6.08. The van der Waals surface area contributed by atoms with E-state index in [1.165, 1.54) is 11.1 Å². The molecule has 3 nitrogen and oxygen atoms in total. The van der Waals surface area contributed by atoms with Gasteiger partial charge in [0.05, 0.1) is 0 Å². The van der Waals surface area contributed by atoms with E-state index in [1.807, 2.05) is 25.7 Å². The highest BCUT2D eigenvalue weighted by Gasteiger charge is 2.31. The van der Waals surface area contributed by atoms with Gasteiger partial charge in [0, 0.05) is 19.0 Å². The van der Waals surface area contributed by atoms with Crippen LogP contribution in [-0.4, -0.2) is 29.7 Å². The molecule has 1 unspecified atom stereocenters. The van der Waals surface area contributed by atoms with Crippen LogP contribution >= 0.6 is 0 Å². The standard InChI is InChI=1S/C18H27NO2/c1-13(2)15-8-6-7-9-16(15)14-10-11-19(12-14)17(20)21-18(3,4)5/h6-9,13-14H,10-12H2,1-5H3. The van der Waals surface area contributed by atoms with E-state index in [-0.39, 0.29) is 6.09 Å². The first-order valence-corrected chi connectivity index (χ1v) is 7.84. The van der Waals surface area contributed by atoms with Crippen molar-refractivity contribution in [2.75, 3.05) is 13.1 Å². The molecule has 2 rings (SSSR count). The molecule has 0 bridgehead atoms. The first kappa shape index (κ1) is 15.9. The summed E-state index contributed by atoms with van der Waals surface area (Å²) in [7, 11) is 0. The van der Waals surface area contributed by atoms with Gasteiger partial charge in [-0.1, -0.05) is 38.1 Å². The van der Waals surface area contributed by atoms with Crippen LogP contribution in [0.25, 0.3) is 0 Å². The van der Waals surface area contributed by atoms with Gasteiger partial charge in [-0.25, -0.2) is 4.79 Å². The van der Waals surface area contributed by atoms with Crippen LogP contribution in [0.2, 0.25) is 0 Å². The zero-order chi connectivity index (χ0) is 15.6. The molecule has 1 saturated heterocycles. The van der Waals surface area contributed by atoms with Crippen molar-refractivity contribution in [3.63, 3.8) is 0 Å². The third-order valence-electron chi connectivity index (χ3n) is 3.90. The minimum Gasteiger partial charge on any atom is -0.444 e. The molecule has 3 heteroatoms. The molecule has 1 aromatic rings. The minimum absolute atomic E-state index is 0.188. The van der Waals surface area contributed by atoms with Crippen LogP contribution in [0.1, 0.15) is 64.0 Å². The molecular weight excluding hydrogens is 262 g/mol. The normalized spacial score (nSPS) is 19.1. The molecule has 0 radical (unpaired) electrons. The Bertz CT molecular complexity index is 502. The lowest BCUT2D eigenvalue weighted by molar-refractivity contribution is 0.0292. The lowest BCUT2D eigenvalue weighted by Crippen LogP contribution is -2.35. The van der Waals surface area contributed by atoms with Crippen LogP contribution < -0.4 is 0 Å². The molecule has 0 N–H and O–H groups in total. The fourth-order valence-corrected chi connectivity index (χ4v) is 2.91. The van der Waals surface area contributed by atoms with Crippen LogP contribution in [0.3, 0.4) is 0 Å². The second-order valence-corrected chi connectivity index (χ2v) is 7.20. The van der Waals surface area contributed by atoms with E-state index in [9.17, 15) is 4.79 Å². The van der Waals surface area contributed by atoms with Gasteiger partial charge < -0.3 is 9.64 Å². The maximum atomic E-state index is 12.2. The van der Waals surface area contributed by atoms with E-state index in [1.54, 1.807) is 0 Å². The highest BCUT2D eigenvalue weighted by molar-refractivity contribution is 5.68. The number of benzene rings is 1. The molecule has 1 aliphatic rings. The van der Waals surface area contributed by atoms with Gasteiger partial charge >= 0.3 is 6.09 Å². The fourth-order valence-electron chi connectivity index (χ4n) is 2.91. The summed E-state index contributed by atoms with van der Waals surface area (Å²) in [5.74, 6) is 0.938. The minimum atomic E-state index is -0.426. The molecule has 1 fully saturated rings. The van der Waals surface area contributed by atoms with E-state index in [0.29, 0.717) is 11.8 Å². The van der Waals surface area contributed by atoms with Crippen molar-refractivity contribution >= 4 is 6.09 Å². The number of amides is 1. The maximum Gasteiger partial charge on any atom is 0.410 e. The third kappa shape index (κ3) is 3.99. The molecule has 1 amide bonds. The van der Waals surface area contributed by atoms with Gasteiger partial charge in [0.1, 0.15) is 5.60 Å². The van der Waals surface area contributed by atoms with Gasteiger partial charge in [-0.2, -0.15) is 0 Å². The molecule has 0 aliphatic carbocycles. The summed E-state index contributed by atoms with van der Waals surface area (Å²) in [5, 5.41) is 0. The van der Waals surface area contributed by atoms with E-state index >= 15 is 0 Å². The van der Waals surface area contributed by atoms with Crippen LogP contribution in [-0.2, 0) is 4.74 Å². The van der Waals surface area contributed by atoms with Crippen molar-refractivity contribution in [2.45, 2.75) is 58.5 Å². The largest absolute Gasteiger partial charge is 0.444 e. The zero-order valence-corrected chi connectivity index (χ0v) is 13.8. The van der Waals surface area contributed by atoms with Crippen molar-refractivity contribution in [2.24, 2.45) is 0 Å². The highest BCUT2D eigenvalue weighted by atomic mass is 16.6. The summed E-state index contributed by atoms with van der Waals surface area (Å²) in [6.07, 6.45) is 0.829. The van der Waals surface area contributed by atoms with Crippen LogP contribution in [0, 0.1) is 0 Å². The average molecular weight is 289 g/mol. The van der Waals surface area contributed by atoms with Gasteiger partial charge in [-0.15, -0.1) is 0 Å². The zero-order valence-electron chi connectivity index (χ0n) is 13.8. The molecule has 1 aromatic carbocycles. The van der Waals surface area contributed by atoms with Crippen LogP contribution in [0.15, 0.2) is 24.3 Å². The number of nitrogens with zero attached hydrogens (tertiary/aromatic N) is 1. The monoisotopic (exact) mass is 289 g/mol. The molecule has 1 atom stereocenters. The van der Waals surface area contributed by atoms with Crippen molar-refractivity contribution < 1.29 is 9.53 Å². The predicted molar refractivity (Wildman–Crippen MR) is 85.7 cm³/mol. The lowest BCUT2D eigenvalue weighted by atomic mass is 9.88. The summed E-state index contributed by atoms with van der Waals surface area (Å²) >= 11 is 0. The molecule has 0 aromatic heterocycles. The molecular formula is C18H27NO2. The first-order chi connectivity index (χ1) is 9.78. The van der Waals surface area contributed by atoms with Gasteiger partial charge in [-0.05, 0) is 44.2 Å². The number of ether oxygens (including phenoxy) is 1. The summed E-state index contributed by atoms with van der Waals surface area (Å²) in [6, 6.07) is 8.60. The van der Waals surface area contributed by atoms with E-state index in [2.05, 4.69) is 38.1 Å². The van der Waals surface area contributed by atoms with Gasteiger partial charge in [0.2, 0.25) is 0 Å². The maximum absolute atomic E-state index is 12.2. The first-order valence-electron chi connectivity index (χ1n) is 7.84. The third-order valence-corrected chi connectivity index (χ3v) is 3.90. The Labute approximate surface area is 128 Å². The second-order valence-electron chi connectivity index (χ2n) is 7.20. The molecule has 0 saturated carbocycles. The Balaban J connectivity index is 2.08. The fraction of sp³-hybridized carbons (Fsp3) is 0.611. The summed E-state index contributed by atoms with van der Waals surface area (Å²) in [6.45, 7) is 11.7. The summed E-state index contributed by atoms with van der Waals surface area (Å²) < 4.78 is 5.47. The topological polar surface area (TPSA) is 29.5 Å². The van der Waals surface area contributed by atoms with E-state index in [4.69, 9.17) is 4.74 Å². The number of carbonyl (C=O) groups excluding carboxylic acids is 1. The summed E-state index contributed by atoms with van der Waals surface area (Å²) in [4.78, 5) is 14.0. The average Bonchev–Trinajstić information content (AvgIpc) is 2.86. The van der Waals surface area contributed by atoms with E-state index < -0.39 is 5.60 Å². The van der Waals surface area contributed by atoms with Gasteiger partial charge in [0.15, 0.2) is 0 Å². The number of carbonyl (C=O) groups is 1. The van der Waals surface area contributed by atoms with Gasteiger partial charge in [-0.3, -0.25) is 0 Å². The molecule has 1 aliphatic heterocycles. The van der Waals surface area contributed by atoms with Crippen molar-refractivity contribution in [1.29, 1.82) is 0 Å². The number of hydrogen-bond acceptors (Lipinski definition) is 2. The highest BCUT2D eigenvalue weighted by Crippen LogP contribution is 2.33. The number of rotatable bonds is 2. The number of hydrogen-bond donors (Lipinski definition) is 0. The Morgan fingerprint density at radius 2 is 1.95 bits per heavy atom. The Kier molecular flexibility index (Phi) is 4.60. The Hall–Kier alpha value is -1.51. The van der Waals surface area contributed by atoms with Crippen molar-refractivity contribution in [3.8, 4) is 0 Å². The molecule has 0 spiro atoms. The van der Waals surface area contributed by atoms with Crippen LogP contribution in [0.5, 0.6) is 0 Å². The summed E-state index contributed by atoms with van der Waals surface area (Å²) in [5.41, 5.74) is 2.36. The molecule has 1 heterocycles. The van der Waals surface area contributed by atoms with Crippen molar-refractivity contribution in [3.05, 3.63) is 35.4 Å². The van der Waals surface area contributed by atoms with E-state index in [0.717, 1.165) is 19.5 Å². The van der Waals surface area contributed by atoms with Crippen molar-refractivity contribution in [1.82, 2.24) is 4.90 Å². The smallest absolute Gasteiger partial charge is 0.410 e. The van der Waals surface area contributed by atoms with Crippen LogP contribution in [0.4, 0.5) is 4.79 Å². The lowest BCUT2D eigenvalue weighted by Gasteiger charge is -2.24. The Morgan fingerprint density at radius 3 is 2.57 bits per heavy atom. The molecule has 116 valence electrons. The van der Waals surface area contributed by atoms with Gasteiger partial charge in [0.25, 0.3) is 0 Å².